The van der Waals surface area contributed by atoms with Crippen LogP contribution in [-0.4, -0.2) is 57.8 Å². The Hall–Kier alpha value is -3.80. The molecule has 2 aromatic heterocycles. The number of nitrogens with zero attached hydrogens (tertiary/aromatic N) is 6. The quantitative estimate of drug-likeness (QED) is 0.281. The monoisotopic (exact) mass is 623 g/mol. The first-order chi connectivity index (χ1) is 21.4. The molecule has 0 unspecified atom stereocenters. The second kappa shape index (κ2) is 10.7. The van der Waals surface area contributed by atoms with Crippen molar-refractivity contribution in [3.8, 4) is 10.6 Å². The Balaban J connectivity index is 1.01. The van der Waals surface area contributed by atoms with Gasteiger partial charge in [0.2, 0.25) is 0 Å². The highest BCUT2D eigenvalue weighted by Crippen LogP contribution is 2.51. The third kappa shape index (κ3) is 4.43. The number of hydrogen-bond donors (Lipinski definition) is 2. The molecule has 1 spiro atoms. The number of fused-ring (bicyclic) bond motifs is 3. The van der Waals surface area contributed by atoms with Gasteiger partial charge in [-0.15, -0.1) is 23.1 Å². The van der Waals surface area contributed by atoms with Gasteiger partial charge in [-0.1, -0.05) is 18.2 Å². The van der Waals surface area contributed by atoms with E-state index >= 15 is 0 Å². The molecule has 2 aromatic carbocycles. The number of anilines is 2. The van der Waals surface area contributed by atoms with Crippen LogP contribution in [0.25, 0.3) is 10.6 Å². The van der Waals surface area contributed by atoms with Crippen molar-refractivity contribution in [2.24, 2.45) is 16.1 Å². The Kier molecular flexibility index (Phi) is 6.73. The van der Waals surface area contributed by atoms with Crippen LogP contribution in [0, 0.1) is 5.41 Å². The lowest BCUT2D eigenvalue weighted by Gasteiger charge is -2.42. The van der Waals surface area contributed by atoms with E-state index in [-0.39, 0.29) is 17.2 Å². The van der Waals surface area contributed by atoms with Gasteiger partial charge in [-0.2, -0.15) is 0 Å². The second-order valence-electron chi connectivity index (χ2n) is 12.1. The van der Waals surface area contributed by atoms with Crippen LogP contribution < -0.4 is 15.5 Å². The van der Waals surface area contributed by atoms with E-state index in [4.69, 9.17) is 20.7 Å². The lowest BCUT2D eigenvalue weighted by Crippen LogP contribution is -2.44. The molecule has 1 saturated heterocycles. The van der Waals surface area contributed by atoms with Crippen molar-refractivity contribution < 1.29 is 9.90 Å². The molecule has 44 heavy (non-hydrogen) atoms. The minimum Gasteiger partial charge on any atom is -0.476 e. The van der Waals surface area contributed by atoms with E-state index in [0.29, 0.717) is 6.54 Å². The summed E-state index contributed by atoms with van der Waals surface area (Å²) in [7, 11) is 0. The molecule has 9 nitrogen and oxygen atoms in total. The number of aromatic nitrogens is 3. The number of carboxylic acids is 1. The van der Waals surface area contributed by atoms with Gasteiger partial charge in [0.05, 0.1) is 18.4 Å². The number of amidine groups is 1. The number of piperidine rings is 1. The van der Waals surface area contributed by atoms with Gasteiger partial charge in [0.25, 0.3) is 0 Å². The zero-order valence-electron chi connectivity index (χ0n) is 24.5. The number of carbonyl (C=O) groups is 1. The van der Waals surface area contributed by atoms with Crippen molar-refractivity contribution in [1.82, 2.24) is 15.0 Å². The molecule has 4 aliphatic rings. The third-order valence-corrected chi connectivity index (χ3v) is 11.5. The summed E-state index contributed by atoms with van der Waals surface area (Å²) in [5.41, 5.74) is 14.9. The highest BCUT2D eigenvalue weighted by atomic mass is 32.2. The van der Waals surface area contributed by atoms with Crippen molar-refractivity contribution in [2.45, 2.75) is 49.6 Å². The summed E-state index contributed by atoms with van der Waals surface area (Å²) >= 11 is 3.14. The van der Waals surface area contributed by atoms with E-state index < -0.39 is 5.97 Å². The van der Waals surface area contributed by atoms with Crippen LogP contribution >= 0.6 is 23.1 Å². The summed E-state index contributed by atoms with van der Waals surface area (Å²) in [6.45, 7) is 3.19. The molecule has 3 N–H and O–H groups in total. The van der Waals surface area contributed by atoms with Crippen LogP contribution in [0.3, 0.4) is 0 Å². The molecule has 0 amide bonds. The normalized spacial score (nSPS) is 20.0. The third-order valence-electron chi connectivity index (χ3n) is 9.86. The van der Waals surface area contributed by atoms with E-state index in [0.717, 1.165) is 91.0 Å². The van der Waals surface area contributed by atoms with Gasteiger partial charge in [0.1, 0.15) is 16.5 Å². The van der Waals surface area contributed by atoms with Crippen LogP contribution in [0.15, 0.2) is 57.9 Å². The Morgan fingerprint density at radius 3 is 2.82 bits per heavy atom. The maximum Gasteiger partial charge on any atom is 0.355 e. The average molecular weight is 624 g/mol. The minimum atomic E-state index is -1.00. The molecule has 8 rings (SSSR count). The van der Waals surface area contributed by atoms with Gasteiger partial charge in [-0.05, 0) is 78.7 Å². The summed E-state index contributed by atoms with van der Waals surface area (Å²) in [5.74, 6) is 0.776. The summed E-state index contributed by atoms with van der Waals surface area (Å²) in [5, 5.41) is 11.7. The fourth-order valence-electron chi connectivity index (χ4n) is 7.48. The van der Waals surface area contributed by atoms with E-state index in [1.165, 1.54) is 32.9 Å². The molecule has 11 heteroatoms. The second-order valence-corrected chi connectivity index (χ2v) is 13.9. The van der Waals surface area contributed by atoms with Crippen LogP contribution in [0.4, 0.5) is 11.5 Å². The number of benzene rings is 2. The molecule has 4 aromatic rings. The predicted molar refractivity (Wildman–Crippen MR) is 175 cm³/mol. The zero-order chi connectivity index (χ0) is 30.0. The van der Waals surface area contributed by atoms with E-state index in [1.54, 1.807) is 17.1 Å². The van der Waals surface area contributed by atoms with Gasteiger partial charge in [-0.25, -0.2) is 19.7 Å². The molecule has 0 radical (unpaired) electrons. The van der Waals surface area contributed by atoms with Crippen molar-refractivity contribution in [3.05, 3.63) is 81.7 Å². The van der Waals surface area contributed by atoms with Crippen LogP contribution in [0.1, 0.15) is 63.9 Å². The Morgan fingerprint density at radius 1 is 1.16 bits per heavy atom. The minimum absolute atomic E-state index is 0.0802. The first-order valence-electron chi connectivity index (χ1n) is 15.1. The standard InChI is InChI=1S/C33H33N7O2S2/c1-43-20-8-7-19-15-33(29(34)23(19)14-20)9-12-39(13-10-33)27-17-35-28-24(37-27)16-36-30(28)40-11-3-5-21-22(4-2-6-26(21)40)31-38-25(18-44-31)32(41)42/h2,4,6-8,14,17-18,29H,3,5,9-13,15-16,34H2,1H3,(H,41,42)/t29-/m1/s1. The molecule has 0 bridgehead atoms. The lowest BCUT2D eigenvalue weighted by atomic mass is 9.73. The highest BCUT2D eigenvalue weighted by Gasteiger charge is 2.46. The fourth-order valence-corrected chi connectivity index (χ4v) is 8.78. The first kappa shape index (κ1) is 27.7. The number of carboxylic acid groups (broad SMARTS) is 1. The summed E-state index contributed by atoms with van der Waals surface area (Å²) in [6, 6.07) is 13.0. The molecule has 224 valence electrons. The highest BCUT2D eigenvalue weighted by molar-refractivity contribution is 7.98. The predicted octanol–water partition coefficient (Wildman–Crippen LogP) is 5.58. The number of rotatable bonds is 4. The summed E-state index contributed by atoms with van der Waals surface area (Å²) in [4.78, 5) is 36.7. The van der Waals surface area contributed by atoms with Gasteiger partial charge in [0, 0.05) is 47.2 Å². The molecule has 0 saturated carbocycles. The van der Waals surface area contributed by atoms with Gasteiger partial charge in [-0.3, -0.25) is 4.99 Å². The van der Waals surface area contributed by atoms with E-state index in [2.05, 4.69) is 45.3 Å². The van der Waals surface area contributed by atoms with Crippen molar-refractivity contribution in [1.29, 1.82) is 0 Å². The molecule has 3 aliphatic heterocycles. The zero-order valence-corrected chi connectivity index (χ0v) is 26.1. The molecule has 1 atom stereocenters. The lowest BCUT2D eigenvalue weighted by molar-refractivity contribution is 0.0691. The summed E-state index contributed by atoms with van der Waals surface area (Å²) < 4.78 is 0. The maximum absolute atomic E-state index is 11.4. The Labute approximate surface area is 264 Å². The van der Waals surface area contributed by atoms with Gasteiger partial charge >= 0.3 is 5.97 Å². The molecular weight excluding hydrogens is 591 g/mol. The van der Waals surface area contributed by atoms with E-state index in [9.17, 15) is 9.90 Å². The van der Waals surface area contributed by atoms with Crippen molar-refractivity contribution in [3.63, 3.8) is 0 Å². The van der Waals surface area contributed by atoms with Gasteiger partial charge < -0.3 is 20.6 Å². The van der Waals surface area contributed by atoms with E-state index in [1.807, 2.05) is 18.3 Å². The number of aliphatic imine (C=N–C) groups is 1. The Bertz CT molecular complexity index is 1830. The van der Waals surface area contributed by atoms with Crippen molar-refractivity contribution >= 4 is 46.4 Å². The average Bonchev–Trinajstić information content (AvgIpc) is 3.78. The molecular formula is C33H33N7O2S2. The van der Waals surface area contributed by atoms with Crippen LogP contribution in [0.2, 0.25) is 0 Å². The number of thiazole rings is 1. The smallest absolute Gasteiger partial charge is 0.355 e. The molecule has 5 heterocycles. The maximum atomic E-state index is 11.4. The number of hydrogen-bond acceptors (Lipinski definition) is 10. The SMILES string of the molecule is CSc1ccc2c(c1)[C@@H](N)C1(CCN(c3cnc4c(n3)CN=C4N3CCCc4c(-c5nc(C(=O)O)cs5)cccc43)CC1)C2. The largest absolute Gasteiger partial charge is 0.476 e. The van der Waals surface area contributed by atoms with Gasteiger partial charge in [0.15, 0.2) is 11.5 Å². The Morgan fingerprint density at radius 2 is 2.02 bits per heavy atom. The summed E-state index contributed by atoms with van der Waals surface area (Å²) in [6.07, 6.45) is 9.03. The van der Waals surface area contributed by atoms with Crippen molar-refractivity contribution in [2.75, 3.05) is 35.7 Å². The number of thioether (sulfide) groups is 1. The van der Waals surface area contributed by atoms with Crippen LogP contribution in [-0.2, 0) is 19.4 Å². The number of nitrogens with two attached hydrogens (primary N) is 1. The van der Waals surface area contributed by atoms with Crippen LogP contribution in [0.5, 0.6) is 0 Å². The molecule has 1 fully saturated rings. The topological polar surface area (TPSA) is 121 Å². The number of aromatic carboxylic acids is 1. The molecule has 1 aliphatic carbocycles. The fraction of sp³-hybridized carbons (Fsp3) is 0.364. The first-order valence-corrected chi connectivity index (χ1v) is 17.2.